The van der Waals surface area contributed by atoms with Crippen LogP contribution >= 0.6 is 0 Å². The van der Waals surface area contributed by atoms with Crippen LogP contribution in [0.1, 0.15) is 18.2 Å². The van der Waals surface area contributed by atoms with Crippen LogP contribution in [0.25, 0.3) is 0 Å². The lowest BCUT2D eigenvalue weighted by Gasteiger charge is -2.29. The number of rotatable bonds is 3. The van der Waals surface area contributed by atoms with E-state index in [-0.39, 0.29) is 18.1 Å². The first kappa shape index (κ1) is 12.4. The van der Waals surface area contributed by atoms with E-state index in [1.165, 1.54) is 0 Å². The largest absolute Gasteiger partial charge is 0.497 e. The fourth-order valence-corrected chi connectivity index (χ4v) is 2.74. The van der Waals surface area contributed by atoms with Crippen molar-refractivity contribution >= 4 is 5.91 Å². The average Bonchev–Trinajstić information content (AvgIpc) is 3.08. The van der Waals surface area contributed by atoms with Gasteiger partial charge in [0.05, 0.1) is 26.3 Å². The Kier molecular flexibility index (Phi) is 3.40. The molecule has 102 valence electrons. The van der Waals surface area contributed by atoms with E-state index < -0.39 is 0 Å². The highest BCUT2D eigenvalue weighted by Gasteiger charge is 2.38. The average molecular weight is 262 g/mol. The van der Waals surface area contributed by atoms with E-state index in [0.29, 0.717) is 13.2 Å². The van der Waals surface area contributed by atoms with Gasteiger partial charge >= 0.3 is 0 Å². The van der Waals surface area contributed by atoms with Crippen molar-refractivity contribution in [3.8, 4) is 5.75 Å². The molecule has 1 amide bonds. The summed E-state index contributed by atoms with van der Waals surface area (Å²) >= 11 is 0. The Morgan fingerprint density at radius 2 is 2.16 bits per heavy atom. The van der Waals surface area contributed by atoms with Crippen LogP contribution in [0, 0.1) is 0 Å². The number of amides is 1. The summed E-state index contributed by atoms with van der Waals surface area (Å²) in [6.45, 7) is 1.77. The van der Waals surface area contributed by atoms with Crippen LogP contribution < -0.4 is 10.1 Å². The zero-order valence-electron chi connectivity index (χ0n) is 11.0. The van der Waals surface area contributed by atoms with Gasteiger partial charge in [-0.15, -0.1) is 0 Å². The van der Waals surface area contributed by atoms with Gasteiger partial charge in [0, 0.05) is 6.61 Å². The molecule has 19 heavy (non-hydrogen) atoms. The summed E-state index contributed by atoms with van der Waals surface area (Å²) in [7, 11) is 1.65. The van der Waals surface area contributed by atoms with Gasteiger partial charge in [-0.05, 0) is 24.1 Å². The topological polar surface area (TPSA) is 50.8 Å². The Balaban J connectivity index is 1.83. The van der Waals surface area contributed by atoms with E-state index in [4.69, 9.17) is 9.47 Å². The number of hydrogen-bond donors (Lipinski definition) is 1. The lowest BCUT2D eigenvalue weighted by molar-refractivity contribution is -0.130. The normalized spacial score (nSPS) is 27.0. The van der Waals surface area contributed by atoms with E-state index >= 15 is 0 Å². The predicted octanol–water partition coefficient (Wildman–Crippen LogP) is 0.914. The molecule has 2 aliphatic heterocycles. The molecule has 2 atom stereocenters. The second-order valence-electron chi connectivity index (χ2n) is 4.88. The molecule has 5 nitrogen and oxygen atoms in total. The maximum atomic E-state index is 12.1. The molecule has 3 rings (SSSR count). The number of carbonyl (C=O) groups excluding carboxylic acids is 1. The smallest absolute Gasteiger partial charge is 0.238 e. The molecule has 2 heterocycles. The van der Waals surface area contributed by atoms with Crippen molar-refractivity contribution in [2.75, 3.05) is 26.9 Å². The quantitative estimate of drug-likeness (QED) is 0.880. The predicted molar refractivity (Wildman–Crippen MR) is 69.8 cm³/mol. The van der Waals surface area contributed by atoms with Gasteiger partial charge in [-0.25, -0.2) is 0 Å². The molecule has 1 aromatic carbocycles. The first-order valence-electron chi connectivity index (χ1n) is 6.56. The van der Waals surface area contributed by atoms with Gasteiger partial charge in [0.1, 0.15) is 11.9 Å². The standard InChI is InChI=1S/C14H18N2O3/c1-18-12-4-2-10(3-5-12)14-15-8-13(17)16(14)11-6-7-19-9-11/h2-5,11,14-15H,6-9H2,1H3. The molecule has 2 fully saturated rings. The third-order valence-electron chi connectivity index (χ3n) is 3.74. The van der Waals surface area contributed by atoms with Crippen LogP contribution in [0.5, 0.6) is 5.75 Å². The Bertz CT molecular complexity index is 454. The molecule has 0 saturated carbocycles. The number of methoxy groups -OCH3 is 1. The highest BCUT2D eigenvalue weighted by atomic mass is 16.5. The summed E-state index contributed by atoms with van der Waals surface area (Å²) < 4.78 is 10.6. The fraction of sp³-hybridized carbons (Fsp3) is 0.500. The third-order valence-corrected chi connectivity index (χ3v) is 3.74. The molecule has 0 radical (unpaired) electrons. The molecule has 0 aliphatic carbocycles. The Morgan fingerprint density at radius 3 is 2.79 bits per heavy atom. The summed E-state index contributed by atoms with van der Waals surface area (Å²) in [4.78, 5) is 14.0. The van der Waals surface area contributed by atoms with Crippen molar-refractivity contribution in [3.05, 3.63) is 29.8 Å². The molecule has 2 saturated heterocycles. The van der Waals surface area contributed by atoms with Crippen molar-refractivity contribution in [1.82, 2.24) is 10.2 Å². The highest BCUT2D eigenvalue weighted by Crippen LogP contribution is 2.28. The number of ether oxygens (including phenoxy) is 2. The molecule has 2 aliphatic rings. The van der Waals surface area contributed by atoms with Gasteiger partial charge in [-0.1, -0.05) is 12.1 Å². The second kappa shape index (κ2) is 5.19. The van der Waals surface area contributed by atoms with Crippen molar-refractivity contribution in [2.24, 2.45) is 0 Å². The second-order valence-corrected chi connectivity index (χ2v) is 4.88. The van der Waals surface area contributed by atoms with Crippen molar-refractivity contribution in [1.29, 1.82) is 0 Å². The molecular weight excluding hydrogens is 244 g/mol. The monoisotopic (exact) mass is 262 g/mol. The van der Waals surface area contributed by atoms with Crippen molar-refractivity contribution < 1.29 is 14.3 Å². The minimum Gasteiger partial charge on any atom is -0.497 e. The van der Waals surface area contributed by atoms with Gasteiger partial charge in [0.15, 0.2) is 0 Å². The van der Waals surface area contributed by atoms with E-state index in [9.17, 15) is 4.79 Å². The first-order valence-corrected chi connectivity index (χ1v) is 6.56. The van der Waals surface area contributed by atoms with Gasteiger partial charge in [-0.2, -0.15) is 0 Å². The Hall–Kier alpha value is -1.59. The number of hydrogen-bond acceptors (Lipinski definition) is 4. The van der Waals surface area contributed by atoms with Crippen LogP contribution in [0.2, 0.25) is 0 Å². The zero-order valence-corrected chi connectivity index (χ0v) is 11.0. The van der Waals surface area contributed by atoms with E-state index in [0.717, 1.165) is 24.3 Å². The van der Waals surface area contributed by atoms with Crippen LogP contribution in [0.15, 0.2) is 24.3 Å². The van der Waals surface area contributed by atoms with E-state index in [1.54, 1.807) is 7.11 Å². The van der Waals surface area contributed by atoms with Gasteiger partial charge in [0.2, 0.25) is 5.91 Å². The molecule has 0 spiro atoms. The Morgan fingerprint density at radius 1 is 1.37 bits per heavy atom. The number of nitrogens with zero attached hydrogens (tertiary/aromatic N) is 1. The van der Waals surface area contributed by atoms with E-state index in [1.807, 2.05) is 29.2 Å². The molecule has 1 N–H and O–H groups in total. The zero-order chi connectivity index (χ0) is 13.2. The number of nitrogens with one attached hydrogen (secondary N) is 1. The lowest BCUT2D eigenvalue weighted by Crippen LogP contribution is -2.40. The molecular formula is C14H18N2O3. The summed E-state index contributed by atoms with van der Waals surface area (Å²) in [5, 5.41) is 3.27. The third kappa shape index (κ3) is 2.31. The summed E-state index contributed by atoms with van der Waals surface area (Å²) in [6.07, 6.45) is 0.866. The van der Waals surface area contributed by atoms with Crippen LogP contribution in [-0.2, 0) is 9.53 Å². The maximum absolute atomic E-state index is 12.1. The summed E-state index contributed by atoms with van der Waals surface area (Å²) in [5.41, 5.74) is 1.08. The summed E-state index contributed by atoms with van der Waals surface area (Å²) in [5.74, 6) is 0.972. The summed E-state index contributed by atoms with van der Waals surface area (Å²) in [6, 6.07) is 8.02. The molecule has 2 unspecified atom stereocenters. The Labute approximate surface area is 112 Å². The molecule has 0 bridgehead atoms. The maximum Gasteiger partial charge on any atom is 0.238 e. The minimum atomic E-state index is -0.0508. The molecule has 0 aromatic heterocycles. The highest BCUT2D eigenvalue weighted by molar-refractivity contribution is 5.81. The number of carbonyl (C=O) groups is 1. The van der Waals surface area contributed by atoms with Gasteiger partial charge in [0.25, 0.3) is 0 Å². The SMILES string of the molecule is COc1ccc(C2NCC(=O)N2C2CCOC2)cc1. The van der Waals surface area contributed by atoms with Crippen LogP contribution in [0.4, 0.5) is 0 Å². The van der Waals surface area contributed by atoms with Crippen LogP contribution in [-0.4, -0.2) is 43.7 Å². The van der Waals surface area contributed by atoms with E-state index in [2.05, 4.69) is 5.32 Å². The first-order chi connectivity index (χ1) is 9.29. The van der Waals surface area contributed by atoms with Crippen LogP contribution in [0.3, 0.4) is 0 Å². The fourth-order valence-electron chi connectivity index (χ4n) is 2.74. The van der Waals surface area contributed by atoms with Crippen molar-refractivity contribution in [2.45, 2.75) is 18.6 Å². The lowest BCUT2D eigenvalue weighted by atomic mass is 10.1. The van der Waals surface area contributed by atoms with Gasteiger partial charge in [-0.3, -0.25) is 10.1 Å². The molecule has 1 aromatic rings. The van der Waals surface area contributed by atoms with Gasteiger partial charge < -0.3 is 14.4 Å². The van der Waals surface area contributed by atoms with Crippen molar-refractivity contribution in [3.63, 3.8) is 0 Å². The minimum absolute atomic E-state index is 0.0508. The molecule has 5 heteroatoms. The number of benzene rings is 1.